The quantitative estimate of drug-likeness (QED) is 0.642. The first-order valence-electron chi connectivity index (χ1n) is 8.34. The van der Waals surface area contributed by atoms with Gasteiger partial charge in [-0.1, -0.05) is 18.7 Å². The van der Waals surface area contributed by atoms with E-state index in [1.54, 1.807) is 6.20 Å². The zero-order valence-electron chi connectivity index (χ0n) is 14.2. The molecule has 0 unspecified atom stereocenters. The molecule has 3 nitrogen and oxygen atoms in total. The van der Waals surface area contributed by atoms with Crippen molar-refractivity contribution < 1.29 is 0 Å². The van der Waals surface area contributed by atoms with Crippen LogP contribution in [-0.2, 0) is 0 Å². The molecular weight excluding hydrogens is 270 g/mol. The van der Waals surface area contributed by atoms with Gasteiger partial charge in [0.1, 0.15) is 5.84 Å². The minimum Gasteiger partial charge on any atom is -0.344 e. The monoisotopic (exact) mass is 299 g/mol. The number of aliphatic imine (C=N–C) groups is 1. The molecule has 0 bridgehead atoms. The highest BCUT2D eigenvalue weighted by Crippen LogP contribution is 2.23. The van der Waals surface area contributed by atoms with Gasteiger partial charge >= 0.3 is 0 Å². The highest BCUT2D eigenvalue weighted by atomic mass is 15.1. The number of hydrogen-bond acceptors (Lipinski definition) is 2. The number of piperidine rings is 1. The summed E-state index contributed by atoms with van der Waals surface area (Å²) in [5.74, 6) is 1.75. The van der Waals surface area contributed by atoms with Crippen LogP contribution >= 0.6 is 0 Å². The van der Waals surface area contributed by atoms with Gasteiger partial charge in [-0.3, -0.25) is 0 Å². The molecule has 1 aromatic carbocycles. The summed E-state index contributed by atoms with van der Waals surface area (Å²) in [7, 11) is 0. The Kier molecular flexibility index (Phi) is 6.20. The number of benzene rings is 1. The molecule has 3 heteroatoms. The van der Waals surface area contributed by atoms with Crippen molar-refractivity contribution in [2.45, 2.75) is 46.1 Å². The number of nitrogens with one attached hydrogen (secondary N) is 1. The Balaban J connectivity index is 1.93. The Bertz CT molecular complexity index is 511. The molecule has 0 spiro atoms. The van der Waals surface area contributed by atoms with Crippen molar-refractivity contribution in [3.63, 3.8) is 0 Å². The van der Waals surface area contributed by atoms with Gasteiger partial charge in [0.2, 0.25) is 0 Å². The first-order valence-corrected chi connectivity index (χ1v) is 8.34. The maximum atomic E-state index is 4.45. The fourth-order valence-corrected chi connectivity index (χ4v) is 3.08. The van der Waals surface area contributed by atoms with Gasteiger partial charge in [-0.15, -0.1) is 0 Å². The van der Waals surface area contributed by atoms with E-state index >= 15 is 0 Å². The summed E-state index contributed by atoms with van der Waals surface area (Å²) in [6, 6.07) is 9.08. The number of likely N-dealkylation sites (tertiary alicyclic amines) is 1. The van der Waals surface area contributed by atoms with Crippen molar-refractivity contribution in [3.05, 3.63) is 42.6 Å². The largest absolute Gasteiger partial charge is 0.344 e. The van der Waals surface area contributed by atoms with E-state index in [0.29, 0.717) is 12.0 Å². The molecule has 0 aromatic heterocycles. The normalized spacial score (nSPS) is 17.7. The maximum absolute atomic E-state index is 4.45. The molecular formula is C19H29N3. The molecule has 2 rings (SSSR count). The zero-order valence-corrected chi connectivity index (χ0v) is 14.2. The van der Waals surface area contributed by atoms with Gasteiger partial charge in [0.05, 0.1) is 0 Å². The third-order valence-corrected chi connectivity index (χ3v) is 4.42. The SMILES string of the molecule is C=CN=C(CC1CCN(C(C)C)CC1)Nc1cccc(C)c1. The summed E-state index contributed by atoms with van der Waals surface area (Å²) in [5, 5.41) is 3.47. The third kappa shape index (κ3) is 4.99. The van der Waals surface area contributed by atoms with Crippen LogP contribution in [0, 0.1) is 12.8 Å². The molecule has 120 valence electrons. The number of hydrogen-bond donors (Lipinski definition) is 1. The highest BCUT2D eigenvalue weighted by Gasteiger charge is 2.22. The first-order chi connectivity index (χ1) is 10.6. The molecule has 1 heterocycles. The van der Waals surface area contributed by atoms with Gasteiger partial charge in [-0.2, -0.15) is 0 Å². The van der Waals surface area contributed by atoms with Crippen LogP contribution in [0.5, 0.6) is 0 Å². The molecule has 1 fully saturated rings. The molecule has 1 saturated heterocycles. The van der Waals surface area contributed by atoms with Gasteiger partial charge in [0, 0.05) is 24.4 Å². The van der Waals surface area contributed by atoms with Crippen molar-refractivity contribution in [2.24, 2.45) is 10.9 Å². The summed E-state index contributed by atoms with van der Waals surface area (Å²) >= 11 is 0. The van der Waals surface area contributed by atoms with E-state index in [2.05, 4.69) is 66.8 Å². The fraction of sp³-hybridized carbons (Fsp3) is 0.526. The predicted octanol–water partition coefficient (Wildman–Crippen LogP) is 4.46. The van der Waals surface area contributed by atoms with Crippen LogP contribution in [-0.4, -0.2) is 29.9 Å². The average Bonchev–Trinajstić information content (AvgIpc) is 2.48. The fourth-order valence-electron chi connectivity index (χ4n) is 3.08. The van der Waals surface area contributed by atoms with Crippen LogP contribution in [0.25, 0.3) is 0 Å². The van der Waals surface area contributed by atoms with E-state index < -0.39 is 0 Å². The minimum absolute atomic E-state index is 0.660. The molecule has 1 aliphatic rings. The third-order valence-electron chi connectivity index (χ3n) is 4.42. The van der Waals surface area contributed by atoms with Gasteiger partial charge in [-0.25, -0.2) is 4.99 Å². The summed E-state index contributed by atoms with van der Waals surface area (Å²) in [4.78, 5) is 7.02. The Labute approximate surface area is 135 Å². The lowest BCUT2D eigenvalue weighted by Gasteiger charge is -2.34. The smallest absolute Gasteiger partial charge is 0.106 e. The van der Waals surface area contributed by atoms with E-state index in [9.17, 15) is 0 Å². The van der Waals surface area contributed by atoms with Crippen molar-refractivity contribution in [1.82, 2.24) is 4.90 Å². The van der Waals surface area contributed by atoms with E-state index in [1.807, 2.05) is 0 Å². The van der Waals surface area contributed by atoms with Crippen molar-refractivity contribution in [1.29, 1.82) is 0 Å². The molecule has 0 aliphatic carbocycles. The molecule has 0 radical (unpaired) electrons. The molecule has 1 aliphatic heterocycles. The van der Waals surface area contributed by atoms with Crippen molar-refractivity contribution in [3.8, 4) is 0 Å². The van der Waals surface area contributed by atoms with Crippen LogP contribution in [0.4, 0.5) is 5.69 Å². The van der Waals surface area contributed by atoms with Gasteiger partial charge in [-0.05, 0) is 70.3 Å². The molecule has 0 atom stereocenters. The number of rotatable bonds is 5. The lowest BCUT2D eigenvalue weighted by Crippen LogP contribution is -2.39. The Hall–Kier alpha value is -1.61. The number of nitrogens with zero attached hydrogens (tertiary/aromatic N) is 2. The Morgan fingerprint density at radius 2 is 2.14 bits per heavy atom. The summed E-state index contributed by atoms with van der Waals surface area (Å²) in [6.07, 6.45) is 5.15. The number of anilines is 1. The standard InChI is InChI=1S/C19H29N3/c1-5-20-19(21-18-8-6-7-16(4)13-18)14-17-9-11-22(12-10-17)15(2)3/h5-8,13,15,17H,1,9-12,14H2,2-4H3,(H,20,21). The predicted molar refractivity (Wildman–Crippen MR) is 96.5 cm³/mol. The average molecular weight is 299 g/mol. The number of amidine groups is 1. The molecule has 0 amide bonds. The summed E-state index contributed by atoms with van der Waals surface area (Å²) in [6.45, 7) is 12.8. The molecule has 22 heavy (non-hydrogen) atoms. The van der Waals surface area contributed by atoms with Crippen LogP contribution < -0.4 is 5.32 Å². The van der Waals surface area contributed by atoms with Crippen molar-refractivity contribution in [2.75, 3.05) is 18.4 Å². The zero-order chi connectivity index (χ0) is 15.9. The van der Waals surface area contributed by atoms with E-state index in [4.69, 9.17) is 0 Å². The van der Waals surface area contributed by atoms with Gasteiger partial charge < -0.3 is 10.2 Å². The van der Waals surface area contributed by atoms with Crippen molar-refractivity contribution >= 4 is 11.5 Å². The van der Waals surface area contributed by atoms with E-state index in [0.717, 1.165) is 17.9 Å². The molecule has 1 aromatic rings. The Morgan fingerprint density at radius 3 is 2.73 bits per heavy atom. The first kappa shape index (κ1) is 16.8. The van der Waals surface area contributed by atoms with Crippen LogP contribution in [0.1, 0.15) is 38.7 Å². The second-order valence-corrected chi connectivity index (χ2v) is 6.53. The Morgan fingerprint density at radius 1 is 1.41 bits per heavy atom. The van der Waals surface area contributed by atoms with Gasteiger partial charge in [0.15, 0.2) is 0 Å². The summed E-state index contributed by atoms with van der Waals surface area (Å²) in [5.41, 5.74) is 2.37. The maximum Gasteiger partial charge on any atom is 0.106 e. The second kappa shape index (κ2) is 8.14. The van der Waals surface area contributed by atoms with Crippen LogP contribution in [0.2, 0.25) is 0 Å². The lowest BCUT2D eigenvalue weighted by molar-refractivity contribution is 0.152. The highest BCUT2D eigenvalue weighted by molar-refractivity contribution is 5.96. The topological polar surface area (TPSA) is 27.6 Å². The van der Waals surface area contributed by atoms with Crippen LogP contribution in [0.15, 0.2) is 42.0 Å². The minimum atomic E-state index is 0.660. The summed E-state index contributed by atoms with van der Waals surface area (Å²) < 4.78 is 0. The van der Waals surface area contributed by atoms with Gasteiger partial charge in [0.25, 0.3) is 0 Å². The van der Waals surface area contributed by atoms with Crippen LogP contribution in [0.3, 0.4) is 0 Å². The van der Waals surface area contributed by atoms with E-state index in [-0.39, 0.29) is 0 Å². The van der Waals surface area contributed by atoms with E-state index in [1.165, 1.54) is 31.5 Å². The molecule has 1 N–H and O–H groups in total. The number of aryl methyl sites for hydroxylation is 1. The lowest BCUT2D eigenvalue weighted by atomic mass is 9.92. The second-order valence-electron chi connectivity index (χ2n) is 6.53. The molecule has 0 saturated carbocycles.